The third-order valence-electron chi connectivity index (χ3n) is 3.20. The Kier molecular flexibility index (Phi) is 3.39. The van der Waals surface area contributed by atoms with E-state index in [0.29, 0.717) is 24.3 Å². The van der Waals surface area contributed by atoms with E-state index < -0.39 is 0 Å². The molecule has 0 saturated heterocycles. The first-order valence-electron chi connectivity index (χ1n) is 6.21. The Labute approximate surface area is 114 Å². The van der Waals surface area contributed by atoms with E-state index in [1.54, 1.807) is 23.1 Å². The molecule has 0 spiro atoms. The van der Waals surface area contributed by atoms with Gasteiger partial charge in [0, 0.05) is 12.0 Å². The molecule has 0 fully saturated rings. The summed E-state index contributed by atoms with van der Waals surface area (Å²) in [6.45, 7) is 0.297. The van der Waals surface area contributed by atoms with Crippen LogP contribution in [-0.2, 0) is 24.2 Å². The van der Waals surface area contributed by atoms with E-state index in [4.69, 9.17) is 4.74 Å². The summed E-state index contributed by atoms with van der Waals surface area (Å²) in [5, 5.41) is 8.67. The van der Waals surface area contributed by atoms with E-state index in [1.165, 1.54) is 17.7 Å². The average molecular weight is 278 g/mol. The highest BCUT2D eigenvalue weighted by Crippen LogP contribution is 2.29. The highest BCUT2D eigenvalue weighted by molar-refractivity contribution is 7.14. The summed E-state index contributed by atoms with van der Waals surface area (Å²) in [6.07, 6.45) is 5.22. The van der Waals surface area contributed by atoms with Gasteiger partial charge in [-0.15, -0.1) is 5.10 Å². The van der Waals surface area contributed by atoms with Gasteiger partial charge in [-0.25, -0.2) is 4.98 Å². The van der Waals surface area contributed by atoms with Crippen LogP contribution >= 0.6 is 11.3 Å². The van der Waals surface area contributed by atoms with Crippen LogP contribution < -0.4 is 0 Å². The van der Waals surface area contributed by atoms with Gasteiger partial charge in [0.25, 0.3) is 0 Å². The maximum absolute atomic E-state index is 11.0. The van der Waals surface area contributed by atoms with E-state index in [9.17, 15) is 4.79 Å². The summed E-state index contributed by atoms with van der Waals surface area (Å²) in [4.78, 5) is 16.9. The Hall–Kier alpha value is -1.60. The molecule has 6 nitrogen and oxygen atoms in total. The van der Waals surface area contributed by atoms with Gasteiger partial charge in [-0.3, -0.25) is 4.79 Å². The zero-order valence-electron chi connectivity index (χ0n) is 10.6. The predicted octanol–water partition coefficient (Wildman–Crippen LogP) is 1.56. The molecule has 19 heavy (non-hydrogen) atoms. The van der Waals surface area contributed by atoms with Crippen LogP contribution in [-0.4, -0.2) is 33.4 Å². The summed E-state index contributed by atoms with van der Waals surface area (Å²) >= 11 is 1.63. The van der Waals surface area contributed by atoms with Gasteiger partial charge in [-0.1, -0.05) is 16.6 Å². The molecule has 0 amide bonds. The number of hydrogen-bond donors (Lipinski definition) is 0. The molecule has 0 bridgehead atoms. The SMILES string of the molecule is COCc1c(C=O)nnn1-c1nc2c(s1)CCCC2. The van der Waals surface area contributed by atoms with E-state index in [1.807, 2.05) is 0 Å². The number of fused-ring (bicyclic) bond motifs is 1. The first kappa shape index (κ1) is 12.4. The van der Waals surface area contributed by atoms with E-state index >= 15 is 0 Å². The number of hydrogen-bond acceptors (Lipinski definition) is 6. The molecule has 100 valence electrons. The van der Waals surface area contributed by atoms with Gasteiger partial charge in [-0.05, 0) is 25.7 Å². The molecule has 0 atom stereocenters. The summed E-state index contributed by atoms with van der Waals surface area (Å²) in [6, 6.07) is 0. The summed E-state index contributed by atoms with van der Waals surface area (Å²) in [5.41, 5.74) is 2.14. The Morgan fingerprint density at radius 3 is 3.00 bits per heavy atom. The van der Waals surface area contributed by atoms with Crippen LogP contribution in [0.4, 0.5) is 0 Å². The number of thiazole rings is 1. The highest BCUT2D eigenvalue weighted by Gasteiger charge is 2.20. The van der Waals surface area contributed by atoms with Crippen LogP contribution in [0.1, 0.15) is 39.6 Å². The average Bonchev–Trinajstić information content (AvgIpc) is 3.01. The summed E-state index contributed by atoms with van der Waals surface area (Å²) in [7, 11) is 1.58. The maximum Gasteiger partial charge on any atom is 0.212 e. The number of ether oxygens (including phenoxy) is 1. The number of aryl methyl sites for hydroxylation is 2. The van der Waals surface area contributed by atoms with Crippen LogP contribution in [0.25, 0.3) is 5.13 Å². The molecule has 2 heterocycles. The lowest BCUT2D eigenvalue weighted by Gasteiger charge is -2.06. The molecule has 0 unspecified atom stereocenters. The number of rotatable bonds is 4. The molecule has 3 rings (SSSR count). The number of aldehydes is 1. The number of carbonyl (C=O) groups excluding carboxylic acids is 1. The van der Waals surface area contributed by atoms with E-state index in [0.717, 1.165) is 23.7 Å². The molecule has 0 radical (unpaired) electrons. The second-order valence-electron chi connectivity index (χ2n) is 4.46. The minimum absolute atomic E-state index is 0.297. The largest absolute Gasteiger partial charge is 0.378 e. The fourth-order valence-electron chi connectivity index (χ4n) is 2.26. The molecular weight excluding hydrogens is 264 g/mol. The van der Waals surface area contributed by atoms with Gasteiger partial charge in [0.15, 0.2) is 12.0 Å². The second-order valence-corrected chi connectivity index (χ2v) is 5.52. The van der Waals surface area contributed by atoms with Gasteiger partial charge in [0.2, 0.25) is 5.13 Å². The molecule has 0 N–H and O–H groups in total. The Bertz CT molecular complexity index is 581. The van der Waals surface area contributed by atoms with Crippen LogP contribution in [0.3, 0.4) is 0 Å². The van der Waals surface area contributed by atoms with Gasteiger partial charge in [-0.2, -0.15) is 4.68 Å². The molecule has 0 saturated carbocycles. The van der Waals surface area contributed by atoms with Crippen molar-refractivity contribution >= 4 is 17.6 Å². The topological polar surface area (TPSA) is 69.9 Å². The van der Waals surface area contributed by atoms with Gasteiger partial charge < -0.3 is 4.74 Å². The van der Waals surface area contributed by atoms with E-state index in [-0.39, 0.29) is 0 Å². The number of methoxy groups -OCH3 is 1. The predicted molar refractivity (Wildman–Crippen MR) is 69.8 cm³/mol. The van der Waals surface area contributed by atoms with Crippen LogP contribution in [0.2, 0.25) is 0 Å². The van der Waals surface area contributed by atoms with Crippen molar-refractivity contribution in [2.75, 3.05) is 7.11 Å². The van der Waals surface area contributed by atoms with Gasteiger partial charge in [0.1, 0.15) is 5.69 Å². The molecule has 1 aliphatic rings. The normalized spacial score (nSPS) is 14.4. The van der Waals surface area contributed by atoms with Crippen molar-refractivity contribution in [1.29, 1.82) is 0 Å². The lowest BCUT2D eigenvalue weighted by molar-refractivity contribution is 0.111. The van der Waals surface area contributed by atoms with Gasteiger partial charge in [0.05, 0.1) is 12.3 Å². The van der Waals surface area contributed by atoms with Crippen LogP contribution in [0.15, 0.2) is 0 Å². The standard InChI is InChI=1S/C12H14N4O2S/c1-18-7-10-9(6-17)14-15-16(10)12-13-8-4-2-3-5-11(8)19-12/h6H,2-5,7H2,1H3. The molecule has 7 heteroatoms. The maximum atomic E-state index is 11.0. The second kappa shape index (κ2) is 5.18. The van der Waals surface area contributed by atoms with Crippen LogP contribution in [0, 0.1) is 0 Å². The third-order valence-corrected chi connectivity index (χ3v) is 4.33. The van der Waals surface area contributed by atoms with Crippen molar-refractivity contribution in [1.82, 2.24) is 20.0 Å². The van der Waals surface area contributed by atoms with Gasteiger partial charge >= 0.3 is 0 Å². The lowest BCUT2D eigenvalue weighted by Crippen LogP contribution is -2.05. The smallest absolute Gasteiger partial charge is 0.212 e. The first-order chi connectivity index (χ1) is 9.33. The fourth-order valence-corrected chi connectivity index (χ4v) is 3.38. The molecule has 2 aromatic rings. The van der Waals surface area contributed by atoms with Crippen LogP contribution in [0.5, 0.6) is 0 Å². The molecule has 0 aromatic carbocycles. The quantitative estimate of drug-likeness (QED) is 0.794. The number of carbonyl (C=O) groups is 1. The monoisotopic (exact) mass is 278 g/mol. The van der Waals surface area contributed by atoms with Crippen molar-refractivity contribution in [3.8, 4) is 5.13 Å². The summed E-state index contributed by atoms with van der Waals surface area (Å²) in [5.74, 6) is 0. The highest BCUT2D eigenvalue weighted by atomic mass is 32.1. The van der Waals surface area contributed by atoms with Crippen molar-refractivity contribution < 1.29 is 9.53 Å². The zero-order valence-corrected chi connectivity index (χ0v) is 11.4. The molecule has 0 aliphatic heterocycles. The summed E-state index contributed by atoms with van der Waals surface area (Å²) < 4.78 is 6.73. The molecule has 1 aliphatic carbocycles. The molecule has 2 aromatic heterocycles. The third kappa shape index (κ3) is 2.19. The molecular formula is C12H14N4O2S. The lowest BCUT2D eigenvalue weighted by atomic mass is 10.0. The van der Waals surface area contributed by atoms with E-state index in [2.05, 4.69) is 15.3 Å². The Balaban J connectivity index is 2.03. The fraction of sp³-hybridized carbons (Fsp3) is 0.500. The number of nitrogens with zero attached hydrogens (tertiary/aromatic N) is 4. The Morgan fingerprint density at radius 2 is 2.26 bits per heavy atom. The Morgan fingerprint density at radius 1 is 1.42 bits per heavy atom. The first-order valence-corrected chi connectivity index (χ1v) is 7.02. The zero-order chi connectivity index (χ0) is 13.2. The van der Waals surface area contributed by atoms with Crippen molar-refractivity contribution in [3.63, 3.8) is 0 Å². The van der Waals surface area contributed by atoms with Crippen molar-refractivity contribution in [2.45, 2.75) is 32.3 Å². The minimum atomic E-state index is 0.297. The minimum Gasteiger partial charge on any atom is -0.378 e. The van der Waals surface area contributed by atoms with Crippen molar-refractivity contribution in [2.24, 2.45) is 0 Å². The van der Waals surface area contributed by atoms with Crippen molar-refractivity contribution in [3.05, 3.63) is 22.0 Å². The number of aromatic nitrogens is 4.